The maximum atomic E-state index is 12.1. The van der Waals surface area contributed by atoms with Gasteiger partial charge in [0.1, 0.15) is 0 Å². The molecule has 1 atom stereocenters. The fourth-order valence-electron chi connectivity index (χ4n) is 2.58. The molecule has 2 rings (SSSR count). The molecule has 0 radical (unpaired) electrons. The van der Waals surface area contributed by atoms with E-state index in [4.69, 9.17) is 0 Å². The van der Waals surface area contributed by atoms with Crippen LogP contribution in [0.15, 0.2) is 60.7 Å². The molecule has 26 heavy (non-hydrogen) atoms. The number of anilines is 1. The average Bonchev–Trinajstić information content (AvgIpc) is 2.61. The molecule has 0 heterocycles. The van der Waals surface area contributed by atoms with Crippen LogP contribution in [0, 0.1) is 0 Å². The molecule has 5 heteroatoms. The van der Waals surface area contributed by atoms with Crippen LogP contribution in [0.2, 0.25) is 0 Å². The van der Waals surface area contributed by atoms with E-state index in [0.717, 1.165) is 16.8 Å². The Hall–Kier alpha value is -2.92. The summed E-state index contributed by atoms with van der Waals surface area (Å²) in [6.45, 7) is 2.00. The van der Waals surface area contributed by atoms with E-state index in [1.165, 1.54) is 13.0 Å². The van der Waals surface area contributed by atoms with Gasteiger partial charge in [-0.1, -0.05) is 42.5 Å². The molecule has 0 fully saturated rings. The first-order valence-corrected chi connectivity index (χ1v) is 8.50. The number of amides is 2. The van der Waals surface area contributed by atoms with Crippen molar-refractivity contribution in [2.45, 2.75) is 13.0 Å². The van der Waals surface area contributed by atoms with Gasteiger partial charge in [-0.2, -0.15) is 0 Å². The number of likely N-dealkylation sites (N-methyl/N-ethyl adjacent to an activating group) is 1. The van der Waals surface area contributed by atoms with Crippen molar-refractivity contribution in [2.75, 3.05) is 26.0 Å². The van der Waals surface area contributed by atoms with Crippen molar-refractivity contribution in [3.05, 3.63) is 71.8 Å². The summed E-state index contributed by atoms with van der Waals surface area (Å²) in [5, 5.41) is 5.65. The average molecular weight is 351 g/mol. The normalized spacial score (nSPS) is 12.2. The van der Waals surface area contributed by atoms with Crippen LogP contribution in [0.4, 0.5) is 5.69 Å². The molecular formula is C21H25N3O2. The largest absolute Gasteiger partial charge is 0.351 e. The topological polar surface area (TPSA) is 61.4 Å². The second kappa shape index (κ2) is 9.53. The lowest BCUT2D eigenvalue weighted by Gasteiger charge is -2.24. The fourth-order valence-corrected chi connectivity index (χ4v) is 2.58. The minimum atomic E-state index is -0.140. The van der Waals surface area contributed by atoms with E-state index in [0.29, 0.717) is 6.54 Å². The van der Waals surface area contributed by atoms with Gasteiger partial charge in [0.05, 0.1) is 6.04 Å². The summed E-state index contributed by atoms with van der Waals surface area (Å²) in [4.78, 5) is 25.2. The first-order valence-electron chi connectivity index (χ1n) is 8.50. The zero-order valence-corrected chi connectivity index (χ0v) is 15.4. The molecule has 0 aliphatic carbocycles. The molecule has 0 saturated carbocycles. The van der Waals surface area contributed by atoms with Gasteiger partial charge in [0, 0.05) is 25.2 Å². The summed E-state index contributed by atoms with van der Waals surface area (Å²) < 4.78 is 0. The van der Waals surface area contributed by atoms with Crippen LogP contribution < -0.4 is 10.6 Å². The second-order valence-corrected chi connectivity index (χ2v) is 6.27. The summed E-state index contributed by atoms with van der Waals surface area (Å²) in [6, 6.07) is 17.5. The zero-order chi connectivity index (χ0) is 18.9. The van der Waals surface area contributed by atoms with Crippen molar-refractivity contribution in [3.63, 3.8) is 0 Å². The SMILES string of the molecule is CC(=O)Nc1ccc(/C=C/C(=O)NCC(c2ccccc2)N(C)C)cc1. The van der Waals surface area contributed by atoms with Crippen LogP contribution in [0.3, 0.4) is 0 Å². The summed E-state index contributed by atoms with van der Waals surface area (Å²) >= 11 is 0. The second-order valence-electron chi connectivity index (χ2n) is 6.27. The number of benzene rings is 2. The molecule has 5 nitrogen and oxygen atoms in total. The molecule has 1 unspecified atom stereocenters. The molecule has 2 N–H and O–H groups in total. The fraction of sp³-hybridized carbons (Fsp3) is 0.238. The van der Waals surface area contributed by atoms with Gasteiger partial charge < -0.3 is 15.5 Å². The Bertz CT molecular complexity index is 753. The maximum absolute atomic E-state index is 12.1. The van der Waals surface area contributed by atoms with Crippen molar-refractivity contribution in [3.8, 4) is 0 Å². The van der Waals surface area contributed by atoms with E-state index < -0.39 is 0 Å². The molecule has 2 aromatic carbocycles. The number of hydrogen-bond donors (Lipinski definition) is 2. The highest BCUT2D eigenvalue weighted by molar-refractivity contribution is 5.92. The Morgan fingerprint density at radius 3 is 2.27 bits per heavy atom. The first-order chi connectivity index (χ1) is 12.5. The molecule has 0 aliphatic heterocycles. The van der Waals surface area contributed by atoms with Crippen LogP contribution in [-0.2, 0) is 9.59 Å². The molecule has 0 aromatic heterocycles. The van der Waals surface area contributed by atoms with Crippen LogP contribution in [0.1, 0.15) is 24.1 Å². The van der Waals surface area contributed by atoms with Crippen molar-refractivity contribution in [1.29, 1.82) is 0 Å². The quantitative estimate of drug-likeness (QED) is 0.754. The number of nitrogens with one attached hydrogen (secondary N) is 2. The minimum Gasteiger partial charge on any atom is -0.351 e. The summed E-state index contributed by atoms with van der Waals surface area (Å²) in [7, 11) is 3.99. The summed E-state index contributed by atoms with van der Waals surface area (Å²) in [5.41, 5.74) is 2.78. The lowest BCUT2D eigenvalue weighted by atomic mass is 10.1. The highest BCUT2D eigenvalue weighted by Crippen LogP contribution is 2.16. The van der Waals surface area contributed by atoms with Gasteiger partial charge >= 0.3 is 0 Å². The van der Waals surface area contributed by atoms with E-state index in [1.54, 1.807) is 18.2 Å². The molecular weight excluding hydrogens is 326 g/mol. The van der Waals surface area contributed by atoms with E-state index >= 15 is 0 Å². The van der Waals surface area contributed by atoms with Gasteiger partial charge in [-0.05, 0) is 43.4 Å². The van der Waals surface area contributed by atoms with Crippen molar-refractivity contribution >= 4 is 23.6 Å². The summed E-state index contributed by atoms with van der Waals surface area (Å²) in [5.74, 6) is -0.250. The van der Waals surface area contributed by atoms with Gasteiger partial charge in [-0.3, -0.25) is 9.59 Å². The van der Waals surface area contributed by atoms with E-state index in [1.807, 2.05) is 44.4 Å². The first kappa shape index (κ1) is 19.4. The highest BCUT2D eigenvalue weighted by Gasteiger charge is 2.14. The molecule has 0 aliphatic rings. The molecule has 0 saturated heterocycles. The molecule has 0 spiro atoms. The van der Waals surface area contributed by atoms with Gasteiger partial charge in [-0.15, -0.1) is 0 Å². The van der Waals surface area contributed by atoms with Crippen LogP contribution >= 0.6 is 0 Å². The molecule has 136 valence electrons. The third-order valence-electron chi connectivity index (χ3n) is 3.94. The Balaban J connectivity index is 1.91. The monoisotopic (exact) mass is 351 g/mol. The third-order valence-corrected chi connectivity index (χ3v) is 3.94. The van der Waals surface area contributed by atoms with Gasteiger partial charge in [0.15, 0.2) is 0 Å². The standard InChI is InChI=1S/C21H25N3O2/c1-16(25)23-19-12-9-17(10-13-19)11-14-21(26)22-15-20(24(2)3)18-7-5-4-6-8-18/h4-14,20H,15H2,1-3H3,(H,22,26)(H,23,25)/b14-11+. The Kier molecular flexibility index (Phi) is 7.12. The Morgan fingerprint density at radius 2 is 1.69 bits per heavy atom. The highest BCUT2D eigenvalue weighted by atomic mass is 16.2. The van der Waals surface area contributed by atoms with Crippen LogP contribution in [-0.4, -0.2) is 37.4 Å². The van der Waals surface area contributed by atoms with Crippen LogP contribution in [0.25, 0.3) is 6.08 Å². The molecule has 2 aromatic rings. The van der Waals surface area contributed by atoms with Gasteiger partial charge in [-0.25, -0.2) is 0 Å². The Labute approximate surface area is 154 Å². The van der Waals surface area contributed by atoms with E-state index in [-0.39, 0.29) is 17.9 Å². The van der Waals surface area contributed by atoms with Gasteiger partial charge in [0.2, 0.25) is 11.8 Å². The summed E-state index contributed by atoms with van der Waals surface area (Å²) in [6.07, 6.45) is 3.27. The molecule has 0 bridgehead atoms. The third kappa shape index (κ3) is 6.18. The number of carbonyl (C=O) groups is 2. The number of hydrogen-bond acceptors (Lipinski definition) is 3. The van der Waals surface area contributed by atoms with Crippen molar-refractivity contribution in [1.82, 2.24) is 10.2 Å². The predicted octanol–water partition coefficient (Wildman–Crippen LogP) is 3.08. The zero-order valence-electron chi connectivity index (χ0n) is 15.4. The lowest BCUT2D eigenvalue weighted by molar-refractivity contribution is -0.116. The Morgan fingerprint density at radius 1 is 1.04 bits per heavy atom. The smallest absolute Gasteiger partial charge is 0.244 e. The van der Waals surface area contributed by atoms with Crippen molar-refractivity contribution < 1.29 is 9.59 Å². The molecule has 2 amide bonds. The van der Waals surface area contributed by atoms with Crippen LogP contribution in [0.5, 0.6) is 0 Å². The van der Waals surface area contributed by atoms with E-state index in [2.05, 4.69) is 27.7 Å². The number of nitrogens with zero attached hydrogens (tertiary/aromatic N) is 1. The van der Waals surface area contributed by atoms with E-state index in [9.17, 15) is 9.59 Å². The lowest BCUT2D eigenvalue weighted by Crippen LogP contribution is -2.33. The van der Waals surface area contributed by atoms with Crippen molar-refractivity contribution in [2.24, 2.45) is 0 Å². The predicted molar refractivity (Wildman–Crippen MR) is 106 cm³/mol. The maximum Gasteiger partial charge on any atom is 0.244 e. The number of carbonyl (C=O) groups excluding carboxylic acids is 2. The minimum absolute atomic E-state index is 0.110. The number of rotatable bonds is 7. The van der Waals surface area contributed by atoms with Gasteiger partial charge in [0.25, 0.3) is 0 Å².